The van der Waals surface area contributed by atoms with Crippen molar-refractivity contribution in [2.75, 3.05) is 45.3 Å². The molecule has 0 radical (unpaired) electrons. The second-order valence-corrected chi connectivity index (χ2v) is 7.72. The van der Waals surface area contributed by atoms with Crippen molar-refractivity contribution >= 4 is 22.9 Å². The zero-order valence-electron chi connectivity index (χ0n) is 16.8. The Balaban J connectivity index is 1.43. The third-order valence-corrected chi connectivity index (χ3v) is 6.00. The molecule has 30 heavy (non-hydrogen) atoms. The minimum Gasteiger partial charge on any atom is -0.493 e. The third-order valence-electron chi connectivity index (χ3n) is 5.11. The number of nitrogens with zero attached hydrogens (tertiary/aromatic N) is 3. The minimum atomic E-state index is -0.249. The molecule has 1 saturated heterocycles. The lowest BCUT2D eigenvalue weighted by molar-refractivity contribution is 0.0742. The van der Waals surface area contributed by atoms with Gasteiger partial charge in [0.25, 0.3) is 5.91 Å². The number of thiazole rings is 1. The molecule has 0 aliphatic carbocycles. The van der Waals surface area contributed by atoms with Gasteiger partial charge in [0.05, 0.1) is 14.2 Å². The molecule has 156 valence electrons. The van der Waals surface area contributed by atoms with Crippen LogP contribution in [0.15, 0.2) is 47.8 Å². The molecule has 0 N–H and O–H groups in total. The van der Waals surface area contributed by atoms with E-state index in [2.05, 4.69) is 9.88 Å². The van der Waals surface area contributed by atoms with E-state index >= 15 is 0 Å². The topological polar surface area (TPSA) is 54.9 Å². The molecule has 0 bridgehead atoms. The second kappa shape index (κ2) is 8.71. The van der Waals surface area contributed by atoms with Crippen molar-refractivity contribution in [3.05, 3.63) is 59.4 Å². The van der Waals surface area contributed by atoms with Crippen LogP contribution in [0.4, 0.5) is 10.1 Å². The van der Waals surface area contributed by atoms with Crippen LogP contribution in [0.2, 0.25) is 0 Å². The van der Waals surface area contributed by atoms with Gasteiger partial charge in [-0.25, -0.2) is 9.37 Å². The van der Waals surface area contributed by atoms with E-state index in [1.807, 2.05) is 23.1 Å². The van der Waals surface area contributed by atoms with Gasteiger partial charge in [-0.05, 0) is 42.5 Å². The van der Waals surface area contributed by atoms with Crippen molar-refractivity contribution in [3.63, 3.8) is 0 Å². The first-order valence-corrected chi connectivity index (χ1v) is 10.4. The summed E-state index contributed by atoms with van der Waals surface area (Å²) in [6, 6.07) is 12.0. The lowest BCUT2D eigenvalue weighted by Crippen LogP contribution is -2.48. The van der Waals surface area contributed by atoms with Gasteiger partial charge in [-0.1, -0.05) is 0 Å². The molecule has 1 aromatic heterocycles. The highest BCUT2D eigenvalue weighted by molar-refractivity contribution is 7.13. The number of carbonyl (C=O) groups is 1. The number of aromatic nitrogens is 1. The molecule has 3 aromatic rings. The van der Waals surface area contributed by atoms with Crippen molar-refractivity contribution in [1.29, 1.82) is 0 Å². The molecule has 8 heteroatoms. The number of benzene rings is 2. The zero-order valence-corrected chi connectivity index (χ0v) is 17.6. The van der Waals surface area contributed by atoms with Crippen molar-refractivity contribution in [2.45, 2.75) is 0 Å². The van der Waals surface area contributed by atoms with E-state index in [1.54, 1.807) is 31.7 Å². The Labute approximate surface area is 178 Å². The molecule has 1 aliphatic heterocycles. The first-order valence-electron chi connectivity index (χ1n) is 9.57. The maximum atomic E-state index is 13.1. The van der Waals surface area contributed by atoms with Gasteiger partial charge in [-0.2, -0.15) is 0 Å². The summed E-state index contributed by atoms with van der Waals surface area (Å²) in [5, 5.41) is 2.55. The lowest BCUT2D eigenvalue weighted by atomic mass is 10.2. The molecule has 0 atom stereocenters. The summed E-state index contributed by atoms with van der Waals surface area (Å²) in [6.45, 7) is 2.59. The average Bonchev–Trinajstić information content (AvgIpc) is 3.29. The highest BCUT2D eigenvalue weighted by atomic mass is 32.1. The van der Waals surface area contributed by atoms with Gasteiger partial charge >= 0.3 is 0 Å². The SMILES string of the molecule is COc1ccc(-c2nc(C(=O)N3CCN(c4ccc(F)cc4)CC3)cs2)cc1OC. The van der Waals surface area contributed by atoms with Crippen LogP contribution < -0.4 is 14.4 Å². The summed E-state index contributed by atoms with van der Waals surface area (Å²) >= 11 is 1.43. The number of carbonyl (C=O) groups excluding carboxylic acids is 1. The molecule has 0 saturated carbocycles. The van der Waals surface area contributed by atoms with Gasteiger partial charge in [-0.15, -0.1) is 11.3 Å². The maximum Gasteiger partial charge on any atom is 0.273 e. The van der Waals surface area contributed by atoms with Gasteiger partial charge in [-0.3, -0.25) is 4.79 Å². The van der Waals surface area contributed by atoms with E-state index in [0.29, 0.717) is 43.4 Å². The van der Waals surface area contributed by atoms with Crippen LogP contribution in [0.25, 0.3) is 10.6 Å². The van der Waals surface area contributed by atoms with Crippen molar-refractivity contribution in [2.24, 2.45) is 0 Å². The van der Waals surface area contributed by atoms with E-state index in [-0.39, 0.29) is 11.7 Å². The molecule has 6 nitrogen and oxygen atoms in total. The Kier molecular flexibility index (Phi) is 5.85. The summed E-state index contributed by atoms with van der Waals surface area (Å²) in [4.78, 5) is 21.4. The summed E-state index contributed by atoms with van der Waals surface area (Å²) in [5.41, 5.74) is 2.28. The number of hydrogen-bond acceptors (Lipinski definition) is 6. The Hall–Kier alpha value is -3.13. The van der Waals surface area contributed by atoms with Crippen LogP contribution in [0, 0.1) is 5.82 Å². The average molecular weight is 428 g/mol. The fraction of sp³-hybridized carbons (Fsp3) is 0.273. The number of hydrogen-bond donors (Lipinski definition) is 0. The molecule has 0 unspecified atom stereocenters. The number of halogens is 1. The summed E-state index contributed by atoms with van der Waals surface area (Å²) < 4.78 is 23.7. The number of rotatable bonds is 5. The predicted octanol–water partition coefficient (Wildman–Crippen LogP) is 3.93. The summed E-state index contributed by atoms with van der Waals surface area (Å²) in [6.07, 6.45) is 0. The molecule has 0 spiro atoms. The lowest BCUT2D eigenvalue weighted by Gasteiger charge is -2.35. The highest BCUT2D eigenvalue weighted by Crippen LogP contribution is 2.33. The summed E-state index contributed by atoms with van der Waals surface area (Å²) in [7, 11) is 3.18. The molecular formula is C22H22FN3O3S. The molecule has 2 aromatic carbocycles. The van der Waals surface area contributed by atoms with Crippen LogP contribution in [0.5, 0.6) is 11.5 Å². The number of anilines is 1. The standard InChI is InChI=1S/C22H22FN3O3S/c1-28-19-8-3-15(13-20(19)29-2)21-24-18(14-30-21)22(27)26-11-9-25(10-12-26)17-6-4-16(23)5-7-17/h3-8,13-14H,9-12H2,1-2H3. The number of amides is 1. The van der Waals surface area contributed by atoms with Crippen molar-refractivity contribution in [3.8, 4) is 22.1 Å². The minimum absolute atomic E-state index is 0.0725. The Morgan fingerprint density at radius 3 is 2.37 bits per heavy atom. The van der Waals surface area contributed by atoms with Gasteiger partial charge in [0.2, 0.25) is 0 Å². The first kappa shape index (κ1) is 20.2. The van der Waals surface area contributed by atoms with Crippen LogP contribution in [-0.4, -0.2) is 56.2 Å². The number of methoxy groups -OCH3 is 2. The largest absolute Gasteiger partial charge is 0.493 e. The molecule has 1 aliphatic rings. The van der Waals surface area contributed by atoms with E-state index in [9.17, 15) is 9.18 Å². The highest BCUT2D eigenvalue weighted by Gasteiger charge is 2.24. The smallest absolute Gasteiger partial charge is 0.273 e. The normalized spacial score (nSPS) is 14.0. The quantitative estimate of drug-likeness (QED) is 0.618. The Morgan fingerprint density at radius 2 is 1.70 bits per heavy atom. The van der Waals surface area contributed by atoms with Crippen molar-refractivity contribution in [1.82, 2.24) is 9.88 Å². The van der Waals surface area contributed by atoms with Gasteiger partial charge in [0, 0.05) is 42.8 Å². The molecule has 4 rings (SSSR count). The maximum absolute atomic E-state index is 13.1. The zero-order chi connectivity index (χ0) is 21.1. The third kappa shape index (κ3) is 4.09. The fourth-order valence-electron chi connectivity index (χ4n) is 3.46. The van der Waals surface area contributed by atoms with Gasteiger partial charge in [0.15, 0.2) is 11.5 Å². The Morgan fingerprint density at radius 1 is 1.00 bits per heavy atom. The molecule has 1 fully saturated rings. The van der Waals surface area contributed by atoms with Crippen LogP contribution in [0.1, 0.15) is 10.5 Å². The monoisotopic (exact) mass is 427 g/mol. The van der Waals surface area contributed by atoms with Crippen LogP contribution in [0.3, 0.4) is 0 Å². The predicted molar refractivity (Wildman–Crippen MR) is 115 cm³/mol. The number of ether oxygens (including phenoxy) is 2. The molecule has 2 heterocycles. The summed E-state index contributed by atoms with van der Waals surface area (Å²) in [5.74, 6) is 0.946. The fourth-order valence-corrected chi connectivity index (χ4v) is 4.25. The van der Waals surface area contributed by atoms with E-state index in [0.717, 1.165) is 16.3 Å². The number of piperazine rings is 1. The van der Waals surface area contributed by atoms with E-state index in [1.165, 1.54) is 23.5 Å². The van der Waals surface area contributed by atoms with Crippen LogP contribution >= 0.6 is 11.3 Å². The van der Waals surface area contributed by atoms with Gasteiger partial charge in [0.1, 0.15) is 16.5 Å². The second-order valence-electron chi connectivity index (χ2n) is 6.86. The first-order chi connectivity index (χ1) is 14.6. The van der Waals surface area contributed by atoms with E-state index in [4.69, 9.17) is 9.47 Å². The molecular weight excluding hydrogens is 405 g/mol. The van der Waals surface area contributed by atoms with E-state index < -0.39 is 0 Å². The van der Waals surface area contributed by atoms with Gasteiger partial charge < -0.3 is 19.3 Å². The Bertz CT molecular complexity index is 1030. The van der Waals surface area contributed by atoms with Crippen molar-refractivity contribution < 1.29 is 18.7 Å². The molecule has 1 amide bonds. The van der Waals surface area contributed by atoms with Crippen LogP contribution in [-0.2, 0) is 0 Å².